The van der Waals surface area contributed by atoms with Crippen molar-refractivity contribution < 1.29 is 14.3 Å². The molecule has 0 aliphatic heterocycles. The van der Waals surface area contributed by atoms with E-state index in [1.807, 2.05) is 39.0 Å². The van der Waals surface area contributed by atoms with E-state index in [1.54, 1.807) is 24.8 Å². The molecule has 0 fully saturated rings. The van der Waals surface area contributed by atoms with Crippen LogP contribution in [0.25, 0.3) is 6.08 Å². The Morgan fingerprint density at radius 2 is 2.14 bits per heavy atom. The van der Waals surface area contributed by atoms with Gasteiger partial charge in [0.15, 0.2) is 17.3 Å². The number of nitrogens with zero attached hydrogens (tertiary/aromatic N) is 1. The molecule has 0 radical (unpaired) electrons. The minimum Gasteiger partial charge on any atom is -0.493 e. The molecular weight excluding hydrogens is 298 g/mol. The lowest BCUT2D eigenvalue weighted by Crippen LogP contribution is -2.08. The van der Waals surface area contributed by atoms with Gasteiger partial charge in [0.05, 0.1) is 29.3 Å². The highest BCUT2D eigenvalue weighted by Crippen LogP contribution is 2.33. The lowest BCUT2D eigenvalue weighted by atomic mass is 10.1. The highest BCUT2D eigenvalue weighted by Gasteiger charge is 2.12. The van der Waals surface area contributed by atoms with Crippen LogP contribution in [0.4, 0.5) is 0 Å². The van der Waals surface area contributed by atoms with Crippen molar-refractivity contribution in [3.05, 3.63) is 45.9 Å². The Hall–Kier alpha value is -2.14. The first kappa shape index (κ1) is 16.2. The number of rotatable bonds is 6. The van der Waals surface area contributed by atoms with Crippen LogP contribution in [-0.2, 0) is 0 Å². The Kier molecular flexibility index (Phi) is 5.33. The number of aromatic nitrogens is 1. The first-order valence-corrected chi connectivity index (χ1v) is 7.87. The van der Waals surface area contributed by atoms with Gasteiger partial charge in [-0.3, -0.25) is 4.79 Å². The third-order valence-electron chi connectivity index (χ3n) is 2.97. The lowest BCUT2D eigenvalue weighted by Gasteiger charge is -2.15. The zero-order valence-electron chi connectivity index (χ0n) is 13.1. The molecular formula is C17H19NO3S. The Morgan fingerprint density at radius 3 is 2.73 bits per heavy atom. The van der Waals surface area contributed by atoms with E-state index < -0.39 is 0 Å². The predicted octanol–water partition coefficient (Wildman–Crippen LogP) is 4.14. The smallest absolute Gasteiger partial charge is 0.197 e. The molecule has 1 heterocycles. The molecule has 2 aromatic rings. The maximum atomic E-state index is 12.2. The van der Waals surface area contributed by atoms with Gasteiger partial charge in [0.1, 0.15) is 0 Å². The number of methoxy groups -OCH3 is 1. The van der Waals surface area contributed by atoms with Crippen LogP contribution in [-0.4, -0.2) is 24.0 Å². The van der Waals surface area contributed by atoms with Crippen molar-refractivity contribution >= 4 is 23.2 Å². The van der Waals surface area contributed by atoms with Crippen LogP contribution in [0.3, 0.4) is 0 Å². The van der Waals surface area contributed by atoms with E-state index in [0.29, 0.717) is 16.4 Å². The largest absolute Gasteiger partial charge is 0.493 e. The molecule has 0 saturated heterocycles. The Bertz CT molecular complexity index is 689. The molecule has 1 aromatic heterocycles. The van der Waals surface area contributed by atoms with Crippen molar-refractivity contribution in [3.8, 4) is 11.5 Å². The summed E-state index contributed by atoms with van der Waals surface area (Å²) < 4.78 is 11.2. The average molecular weight is 317 g/mol. The zero-order valence-corrected chi connectivity index (χ0v) is 13.9. The number of allylic oxidation sites excluding steroid dienone is 1. The van der Waals surface area contributed by atoms with E-state index in [9.17, 15) is 4.79 Å². The number of carbonyl (C=O) groups is 1. The molecule has 0 unspecified atom stereocenters. The summed E-state index contributed by atoms with van der Waals surface area (Å²) in [4.78, 5) is 17.0. The monoisotopic (exact) mass is 317 g/mol. The Balaban J connectivity index is 2.30. The zero-order chi connectivity index (χ0) is 16.1. The minimum atomic E-state index is -0.0571. The minimum absolute atomic E-state index is 0.0166. The molecule has 5 heteroatoms. The topological polar surface area (TPSA) is 48.4 Å². The predicted molar refractivity (Wildman–Crippen MR) is 89.0 cm³/mol. The molecule has 2 rings (SSSR count). The van der Waals surface area contributed by atoms with E-state index in [1.165, 1.54) is 11.3 Å². The molecule has 22 heavy (non-hydrogen) atoms. The van der Waals surface area contributed by atoms with Crippen molar-refractivity contribution in [3.63, 3.8) is 0 Å². The van der Waals surface area contributed by atoms with E-state index in [-0.39, 0.29) is 11.9 Å². The maximum Gasteiger partial charge on any atom is 0.197 e. The first-order valence-electron chi connectivity index (χ1n) is 6.99. The summed E-state index contributed by atoms with van der Waals surface area (Å²) in [5.74, 6) is 1.24. The molecule has 0 aliphatic carbocycles. The molecule has 1 aromatic carbocycles. The maximum absolute atomic E-state index is 12.2. The van der Waals surface area contributed by atoms with Gasteiger partial charge in [-0.1, -0.05) is 12.1 Å². The summed E-state index contributed by atoms with van der Waals surface area (Å²) in [5.41, 5.74) is 3.24. The third-order valence-corrected chi connectivity index (χ3v) is 3.91. The summed E-state index contributed by atoms with van der Waals surface area (Å²) in [7, 11) is 1.60. The van der Waals surface area contributed by atoms with Crippen molar-refractivity contribution in [2.45, 2.75) is 26.9 Å². The molecule has 0 spiro atoms. The van der Waals surface area contributed by atoms with Gasteiger partial charge >= 0.3 is 0 Å². The fourth-order valence-electron chi connectivity index (χ4n) is 1.97. The second kappa shape index (κ2) is 7.22. The van der Waals surface area contributed by atoms with Gasteiger partial charge in [-0.25, -0.2) is 4.98 Å². The molecule has 4 nitrogen and oxygen atoms in total. The van der Waals surface area contributed by atoms with Crippen molar-refractivity contribution in [2.75, 3.05) is 7.11 Å². The molecule has 116 valence electrons. The van der Waals surface area contributed by atoms with Crippen molar-refractivity contribution in [1.29, 1.82) is 0 Å². The van der Waals surface area contributed by atoms with Crippen LogP contribution in [0.15, 0.2) is 29.8 Å². The number of hydrogen-bond donors (Lipinski definition) is 0. The summed E-state index contributed by atoms with van der Waals surface area (Å²) in [6.45, 7) is 5.73. The van der Waals surface area contributed by atoms with E-state index in [4.69, 9.17) is 9.47 Å². The molecule has 0 atom stereocenters. The standard InChI is InChI=1S/C17H19NO3S/c1-11(2)21-16-13(6-5-7-15(16)20-4)8-9-14(19)17-12(3)18-10-22-17/h5-11H,1-4H3. The van der Waals surface area contributed by atoms with Gasteiger partial charge in [0.2, 0.25) is 0 Å². The highest BCUT2D eigenvalue weighted by atomic mass is 32.1. The molecule has 0 amide bonds. The van der Waals surface area contributed by atoms with Crippen molar-refractivity contribution in [1.82, 2.24) is 4.98 Å². The number of benzene rings is 1. The average Bonchev–Trinajstić information content (AvgIpc) is 2.91. The second-order valence-corrected chi connectivity index (χ2v) is 5.86. The number of para-hydroxylation sites is 1. The SMILES string of the molecule is COc1cccc(C=CC(=O)c2scnc2C)c1OC(C)C. The van der Waals surface area contributed by atoms with Gasteiger partial charge in [0.25, 0.3) is 0 Å². The summed E-state index contributed by atoms with van der Waals surface area (Å²) in [5, 5.41) is 0. The van der Waals surface area contributed by atoms with Crippen LogP contribution in [0, 0.1) is 6.92 Å². The number of thiazole rings is 1. The van der Waals surface area contributed by atoms with Crippen LogP contribution >= 0.6 is 11.3 Å². The normalized spacial score (nSPS) is 11.1. The number of aryl methyl sites for hydroxylation is 1. The van der Waals surface area contributed by atoms with Gasteiger partial charge in [-0.2, -0.15) is 0 Å². The van der Waals surface area contributed by atoms with Crippen LogP contribution < -0.4 is 9.47 Å². The van der Waals surface area contributed by atoms with Gasteiger partial charge in [0, 0.05) is 5.56 Å². The Morgan fingerprint density at radius 1 is 1.36 bits per heavy atom. The number of carbonyl (C=O) groups excluding carboxylic acids is 1. The highest BCUT2D eigenvalue weighted by molar-refractivity contribution is 7.12. The molecule has 0 saturated carbocycles. The fraction of sp³-hybridized carbons (Fsp3) is 0.294. The Labute approximate surface area is 134 Å². The van der Waals surface area contributed by atoms with E-state index in [2.05, 4.69) is 4.98 Å². The molecule has 0 N–H and O–H groups in total. The van der Waals surface area contributed by atoms with Crippen LogP contribution in [0.2, 0.25) is 0 Å². The van der Waals surface area contributed by atoms with Crippen LogP contribution in [0.1, 0.15) is 34.8 Å². The lowest BCUT2D eigenvalue weighted by molar-refractivity contribution is 0.105. The molecule has 0 bridgehead atoms. The molecule has 0 aliphatic rings. The van der Waals surface area contributed by atoms with Gasteiger partial charge in [-0.15, -0.1) is 11.3 Å². The number of hydrogen-bond acceptors (Lipinski definition) is 5. The summed E-state index contributed by atoms with van der Waals surface area (Å²) in [6.07, 6.45) is 3.31. The summed E-state index contributed by atoms with van der Waals surface area (Å²) >= 11 is 1.35. The number of ketones is 1. The van der Waals surface area contributed by atoms with E-state index in [0.717, 1.165) is 11.3 Å². The van der Waals surface area contributed by atoms with Gasteiger partial charge < -0.3 is 9.47 Å². The van der Waals surface area contributed by atoms with Crippen molar-refractivity contribution in [2.24, 2.45) is 0 Å². The third kappa shape index (κ3) is 3.74. The van der Waals surface area contributed by atoms with E-state index >= 15 is 0 Å². The fourth-order valence-corrected chi connectivity index (χ4v) is 2.69. The summed E-state index contributed by atoms with van der Waals surface area (Å²) in [6, 6.07) is 5.60. The second-order valence-electron chi connectivity index (χ2n) is 5.01. The van der Waals surface area contributed by atoms with Crippen LogP contribution in [0.5, 0.6) is 11.5 Å². The number of ether oxygens (including phenoxy) is 2. The quantitative estimate of drug-likeness (QED) is 0.593. The van der Waals surface area contributed by atoms with Gasteiger partial charge in [-0.05, 0) is 39.0 Å². The first-order chi connectivity index (χ1) is 10.5.